The normalized spacial score (nSPS) is 18.8. The third-order valence-electron chi connectivity index (χ3n) is 2.46. The van der Waals surface area contributed by atoms with Crippen molar-refractivity contribution in [1.82, 2.24) is 4.98 Å². The Balaban J connectivity index is 2.18. The molecular weight excluding hydrogens is 169 g/mol. The monoisotopic (exact) mass is 181 g/mol. The molecular formula is C10H12FNO. The van der Waals surface area contributed by atoms with E-state index in [1.807, 2.05) is 0 Å². The maximum absolute atomic E-state index is 13.3. The largest absolute Gasteiger partial charge is 0.381 e. The van der Waals surface area contributed by atoms with Gasteiger partial charge in [0, 0.05) is 19.4 Å². The number of aromatic nitrogens is 1. The van der Waals surface area contributed by atoms with Gasteiger partial charge in [-0.05, 0) is 30.4 Å². The highest BCUT2D eigenvalue weighted by atomic mass is 19.1. The molecule has 0 spiro atoms. The van der Waals surface area contributed by atoms with Crippen LogP contribution < -0.4 is 0 Å². The Morgan fingerprint density at radius 3 is 2.85 bits per heavy atom. The number of halogens is 1. The van der Waals surface area contributed by atoms with E-state index in [0.717, 1.165) is 31.6 Å². The molecule has 0 N–H and O–H groups in total. The lowest BCUT2D eigenvalue weighted by Gasteiger charge is -2.22. The van der Waals surface area contributed by atoms with Gasteiger partial charge in [0.2, 0.25) is 0 Å². The van der Waals surface area contributed by atoms with Gasteiger partial charge in [-0.2, -0.15) is 0 Å². The smallest absolute Gasteiger partial charge is 0.144 e. The van der Waals surface area contributed by atoms with Gasteiger partial charge in [0.25, 0.3) is 0 Å². The zero-order chi connectivity index (χ0) is 9.10. The quantitative estimate of drug-likeness (QED) is 0.662. The number of pyridine rings is 1. The van der Waals surface area contributed by atoms with Crippen LogP contribution in [0.2, 0.25) is 0 Å². The van der Waals surface area contributed by atoms with E-state index in [9.17, 15) is 4.39 Å². The van der Waals surface area contributed by atoms with Gasteiger partial charge < -0.3 is 4.74 Å². The maximum Gasteiger partial charge on any atom is 0.144 e. The van der Waals surface area contributed by atoms with E-state index in [2.05, 4.69) is 4.98 Å². The molecule has 1 aromatic rings. The van der Waals surface area contributed by atoms with Crippen LogP contribution in [0, 0.1) is 5.82 Å². The van der Waals surface area contributed by atoms with Crippen LogP contribution in [0.1, 0.15) is 24.3 Å². The van der Waals surface area contributed by atoms with Gasteiger partial charge in [0.1, 0.15) is 5.82 Å². The first kappa shape index (κ1) is 8.63. The van der Waals surface area contributed by atoms with E-state index in [4.69, 9.17) is 4.74 Å². The Kier molecular flexibility index (Phi) is 2.54. The van der Waals surface area contributed by atoms with Crippen molar-refractivity contribution in [2.24, 2.45) is 0 Å². The molecule has 1 aliphatic rings. The van der Waals surface area contributed by atoms with Crippen LogP contribution in [0.5, 0.6) is 0 Å². The molecule has 2 heterocycles. The van der Waals surface area contributed by atoms with Crippen LogP contribution in [0.4, 0.5) is 4.39 Å². The summed E-state index contributed by atoms with van der Waals surface area (Å²) in [6.45, 7) is 1.48. The summed E-state index contributed by atoms with van der Waals surface area (Å²) in [5.74, 6) is 0.131. The molecule has 13 heavy (non-hydrogen) atoms. The van der Waals surface area contributed by atoms with Gasteiger partial charge in [-0.1, -0.05) is 0 Å². The van der Waals surface area contributed by atoms with E-state index in [0.29, 0.717) is 5.92 Å². The van der Waals surface area contributed by atoms with Gasteiger partial charge in [0.05, 0.1) is 6.20 Å². The molecule has 0 saturated carbocycles. The van der Waals surface area contributed by atoms with Gasteiger partial charge >= 0.3 is 0 Å². The van der Waals surface area contributed by atoms with Crippen LogP contribution in [-0.2, 0) is 4.74 Å². The van der Waals surface area contributed by atoms with Crippen molar-refractivity contribution >= 4 is 0 Å². The van der Waals surface area contributed by atoms with Crippen LogP contribution >= 0.6 is 0 Å². The van der Waals surface area contributed by atoms with Crippen molar-refractivity contribution in [3.05, 3.63) is 29.8 Å². The third kappa shape index (κ3) is 1.86. The fourth-order valence-electron chi connectivity index (χ4n) is 1.73. The van der Waals surface area contributed by atoms with E-state index < -0.39 is 0 Å². The summed E-state index contributed by atoms with van der Waals surface area (Å²) < 4.78 is 18.5. The molecule has 0 unspecified atom stereocenters. The molecule has 0 bridgehead atoms. The van der Waals surface area contributed by atoms with Gasteiger partial charge in [-0.3, -0.25) is 4.98 Å². The van der Waals surface area contributed by atoms with Crippen molar-refractivity contribution in [2.75, 3.05) is 13.2 Å². The average molecular weight is 181 g/mol. The van der Waals surface area contributed by atoms with Crippen molar-refractivity contribution < 1.29 is 9.13 Å². The fraction of sp³-hybridized carbons (Fsp3) is 0.500. The third-order valence-corrected chi connectivity index (χ3v) is 2.46. The Morgan fingerprint density at radius 2 is 2.15 bits per heavy atom. The van der Waals surface area contributed by atoms with E-state index in [-0.39, 0.29) is 5.82 Å². The first-order chi connectivity index (χ1) is 6.38. The zero-order valence-electron chi connectivity index (χ0n) is 7.37. The van der Waals surface area contributed by atoms with Crippen molar-refractivity contribution in [3.8, 4) is 0 Å². The molecule has 0 radical (unpaired) electrons. The Bertz CT molecular complexity index is 284. The number of ether oxygens (including phenoxy) is 1. The Morgan fingerprint density at radius 1 is 1.38 bits per heavy atom. The first-order valence-corrected chi connectivity index (χ1v) is 4.55. The molecule has 0 aromatic carbocycles. The highest BCUT2D eigenvalue weighted by Crippen LogP contribution is 2.27. The molecule has 2 rings (SSSR count). The molecule has 1 saturated heterocycles. The topological polar surface area (TPSA) is 22.1 Å². The summed E-state index contributed by atoms with van der Waals surface area (Å²) in [6.07, 6.45) is 4.76. The van der Waals surface area contributed by atoms with Gasteiger partial charge in [0.15, 0.2) is 0 Å². The van der Waals surface area contributed by atoms with Crippen molar-refractivity contribution in [2.45, 2.75) is 18.8 Å². The number of nitrogens with zero attached hydrogens (tertiary/aromatic N) is 1. The second kappa shape index (κ2) is 3.83. The Labute approximate surface area is 76.7 Å². The predicted molar refractivity (Wildman–Crippen MR) is 47.0 cm³/mol. The molecule has 1 aliphatic heterocycles. The van der Waals surface area contributed by atoms with Crippen LogP contribution in [0.15, 0.2) is 18.5 Å². The summed E-state index contributed by atoms with van der Waals surface area (Å²) in [5.41, 5.74) is 0.790. The van der Waals surface area contributed by atoms with Crippen LogP contribution in [0.25, 0.3) is 0 Å². The van der Waals surface area contributed by atoms with Crippen LogP contribution in [-0.4, -0.2) is 18.2 Å². The molecule has 0 atom stereocenters. The summed E-state index contributed by atoms with van der Waals surface area (Å²) in [5, 5.41) is 0. The standard InChI is InChI=1S/C10H12FNO/c11-10-7-12-4-1-9(10)8-2-5-13-6-3-8/h1,4,7-8H,2-3,5-6H2. The average Bonchev–Trinajstić information content (AvgIpc) is 2.20. The minimum Gasteiger partial charge on any atom is -0.381 e. The Hall–Kier alpha value is -0.960. The second-order valence-electron chi connectivity index (χ2n) is 3.28. The molecule has 2 nitrogen and oxygen atoms in total. The van der Waals surface area contributed by atoms with Gasteiger partial charge in [-0.25, -0.2) is 4.39 Å². The minimum atomic E-state index is -0.186. The molecule has 1 fully saturated rings. The highest BCUT2D eigenvalue weighted by molar-refractivity contribution is 5.18. The summed E-state index contributed by atoms with van der Waals surface area (Å²) in [7, 11) is 0. The zero-order valence-corrected chi connectivity index (χ0v) is 7.37. The van der Waals surface area contributed by atoms with Crippen molar-refractivity contribution in [3.63, 3.8) is 0 Å². The SMILES string of the molecule is Fc1cnccc1C1CCOCC1. The van der Waals surface area contributed by atoms with E-state index >= 15 is 0 Å². The highest BCUT2D eigenvalue weighted by Gasteiger charge is 2.18. The fourth-order valence-corrected chi connectivity index (χ4v) is 1.73. The summed E-state index contributed by atoms with van der Waals surface area (Å²) in [6, 6.07) is 1.77. The molecule has 0 aliphatic carbocycles. The van der Waals surface area contributed by atoms with Crippen molar-refractivity contribution in [1.29, 1.82) is 0 Å². The summed E-state index contributed by atoms with van der Waals surface area (Å²) in [4.78, 5) is 3.73. The predicted octanol–water partition coefficient (Wildman–Crippen LogP) is 2.11. The number of hydrogen-bond acceptors (Lipinski definition) is 2. The lowest BCUT2D eigenvalue weighted by Crippen LogP contribution is -2.15. The minimum absolute atomic E-state index is 0.186. The lowest BCUT2D eigenvalue weighted by atomic mass is 9.92. The van der Waals surface area contributed by atoms with E-state index in [1.54, 1.807) is 12.3 Å². The van der Waals surface area contributed by atoms with Gasteiger partial charge in [-0.15, -0.1) is 0 Å². The summed E-state index contributed by atoms with van der Waals surface area (Å²) >= 11 is 0. The van der Waals surface area contributed by atoms with E-state index in [1.165, 1.54) is 6.20 Å². The molecule has 3 heteroatoms. The lowest BCUT2D eigenvalue weighted by molar-refractivity contribution is 0.0846. The number of rotatable bonds is 1. The van der Waals surface area contributed by atoms with Crippen LogP contribution in [0.3, 0.4) is 0 Å². The first-order valence-electron chi connectivity index (χ1n) is 4.55. The maximum atomic E-state index is 13.3. The molecule has 70 valence electrons. The number of hydrogen-bond donors (Lipinski definition) is 0. The second-order valence-corrected chi connectivity index (χ2v) is 3.28. The molecule has 0 amide bonds. The molecule has 1 aromatic heterocycles.